The Bertz CT molecular complexity index is 786. The summed E-state index contributed by atoms with van der Waals surface area (Å²) in [7, 11) is 1.16. The number of rotatable bonds is 8. The minimum atomic E-state index is -0.863. The number of hydrogen-bond donors (Lipinski definition) is 2. The van der Waals surface area contributed by atoms with E-state index in [0.717, 1.165) is 26.4 Å². The quantitative estimate of drug-likeness (QED) is 0.663. The highest BCUT2D eigenvalue weighted by atomic mass is 32.1. The molecule has 8 heteroatoms. The van der Waals surface area contributed by atoms with E-state index >= 15 is 0 Å². The van der Waals surface area contributed by atoms with Gasteiger partial charge in [0.15, 0.2) is 0 Å². The standard InChI is InChI=1S/C19H22N2O5S/c1-3-4-5-11-26-14-8-6-13(7-9-14)16(22)20-18-15(10-12-27-18)17(23)21-19(24)25-2/h6-10,12H,3-5,11H2,1-2H3,(H,20,22)(H,21,23,24). The summed E-state index contributed by atoms with van der Waals surface area (Å²) < 4.78 is 10.0. The zero-order valence-corrected chi connectivity index (χ0v) is 16.1. The molecule has 0 spiro atoms. The Morgan fingerprint density at radius 1 is 1.04 bits per heavy atom. The Labute approximate surface area is 161 Å². The van der Waals surface area contributed by atoms with Crippen molar-refractivity contribution in [3.63, 3.8) is 0 Å². The van der Waals surface area contributed by atoms with Crippen LogP contribution in [-0.2, 0) is 4.74 Å². The summed E-state index contributed by atoms with van der Waals surface area (Å²) in [4.78, 5) is 35.6. The normalized spacial score (nSPS) is 10.1. The van der Waals surface area contributed by atoms with Crippen molar-refractivity contribution in [2.45, 2.75) is 26.2 Å². The van der Waals surface area contributed by atoms with Gasteiger partial charge < -0.3 is 14.8 Å². The van der Waals surface area contributed by atoms with Gasteiger partial charge >= 0.3 is 6.09 Å². The van der Waals surface area contributed by atoms with Crippen LogP contribution in [0, 0.1) is 0 Å². The fraction of sp³-hybridized carbons (Fsp3) is 0.316. The second-order valence-corrected chi connectivity index (χ2v) is 6.56. The molecule has 0 aliphatic heterocycles. The Morgan fingerprint density at radius 3 is 2.44 bits per heavy atom. The molecule has 0 atom stereocenters. The molecule has 7 nitrogen and oxygen atoms in total. The molecule has 0 aliphatic carbocycles. The molecule has 0 aliphatic rings. The topological polar surface area (TPSA) is 93.7 Å². The van der Waals surface area contributed by atoms with E-state index in [-0.39, 0.29) is 11.5 Å². The van der Waals surface area contributed by atoms with E-state index in [1.54, 1.807) is 29.6 Å². The van der Waals surface area contributed by atoms with Crippen molar-refractivity contribution in [1.29, 1.82) is 0 Å². The number of carbonyl (C=O) groups is 3. The molecule has 2 rings (SSSR count). The summed E-state index contributed by atoms with van der Waals surface area (Å²) in [6, 6.07) is 8.31. The molecule has 1 aromatic carbocycles. The largest absolute Gasteiger partial charge is 0.494 e. The Hall–Kier alpha value is -2.87. The number of unbranched alkanes of at least 4 members (excludes halogenated alkanes) is 2. The van der Waals surface area contributed by atoms with Crippen LogP contribution in [0.25, 0.3) is 0 Å². The number of nitrogens with one attached hydrogen (secondary N) is 2. The Balaban J connectivity index is 1.96. The summed E-state index contributed by atoms with van der Waals surface area (Å²) in [6.45, 7) is 2.78. The minimum Gasteiger partial charge on any atom is -0.494 e. The molecule has 2 N–H and O–H groups in total. The van der Waals surface area contributed by atoms with Crippen molar-refractivity contribution in [2.75, 3.05) is 19.0 Å². The van der Waals surface area contributed by atoms with E-state index in [0.29, 0.717) is 22.9 Å². The highest BCUT2D eigenvalue weighted by Gasteiger charge is 2.18. The lowest BCUT2D eigenvalue weighted by Gasteiger charge is -2.08. The molecule has 0 unspecified atom stereocenters. The number of benzene rings is 1. The number of hydrogen-bond acceptors (Lipinski definition) is 6. The first-order valence-electron chi connectivity index (χ1n) is 8.56. The molecule has 0 fully saturated rings. The van der Waals surface area contributed by atoms with Crippen LogP contribution in [0.2, 0.25) is 0 Å². The lowest BCUT2D eigenvalue weighted by atomic mass is 10.2. The van der Waals surface area contributed by atoms with Gasteiger partial charge in [0.2, 0.25) is 0 Å². The Kier molecular flexibility index (Phi) is 7.81. The lowest BCUT2D eigenvalue weighted by Crippen LogP contribution is -2.30. The van der Waals surface area contributed by atoms with Crippen LogP contribution in [-0.4, -0.2) is 31.6 Å². The smallest absolute Gasteiger partial charge is 0.413 e. The number of amides is 3. The summed E-state index contributed by atoms with van der Waals surface area (Å²) in [5.74, 6) is -0.298. The highest BCUT2D eigenvalue weighted by molar-refractivity contribution is 7.14. The fourth-order valence-electron chi connectivity index (χ4n) is 2.22. The van der Waals surface area contributed by atoms with Crippen molar-refractivity contribution in [1.82, 2.24) is 5.32 Å². The maximum atomic E-state index is 12.4. The molecular weight excluding hydrogens is 368 g/mol. The molecule has 1 aromatic heterocycles. The number of carbonyl (C=O) groups excluding carboxylic acids is 3. The summed E-state index contributed by atoms with van der Waals surface area (Å²) in [5.41, 5.74) is 0.623. The Morgan fingerprint density at radius 2 is 1.78 bits per heavy atom. The van der Waals surface area contributed by atoms with Crippen LogP contribution in [0.4, 0.5) is 9.80 Å². The van der Waals surface area contributed by atoms with E-state index in [1.165, 1.54) is 17.4 Å². The number of thiophene rings is 1. The third-order valence-electron chi connectivity index (χ3n) is 3.67. The first-order chi connectivity index (χ1) is 13.0. The third kappa shape index (κ3) is 6.10. The van der Waals surface area contributed by atoms with Gasteiger partial charge in [0, 0.05) is 5.56 Å². The monoisotopic (exact) mass is 390 g/mol. The van der Waals surface area contributed by atoms with Crippen molar-refractivity contribution in [2.24, 2.45) is 0 Å². The summed E-state index contributed by atoms with van der Waals surface area (Å²) >= 11 is 1.18. The first-order valence-corrected chi connectivity index (χ1v) is 9.44. The molecule has 3 amide bonds. The summed E-state index contributed by atoms with van der Waals surface area (Å²) in [5, 5.41) is 6.74. The molecule has 0 radical (unpaired) electrons. The van der Waals surface area contributed by atoms with Gasteiger partial charge in [0.25, 0.3) is 11.8 Å². The number of anilines is 1. The van der Waals surface area contributed by atoms with Crippen LogP contribution in [0.1, 0.15) is 46.9 Å². The van der Waals surface area contributed by atoms with Gasteiger partial charge in [0.1, 0.15) is 10.8 Å². The van der Waals surface area contributed by atoms with Gasteiger partial charge in [-0.25, -0.2) is 4.79 Å². The van der Waals surface area contributed by atoms with Gasteiger partial charge in [0.05, 0.1) is 19.3 Å². The predicted octanol–water partition coefficient (Wildman–Crippen LogP) is 4.07. The predicted molar refractivity (Wildman–Crippen MR) is 104 cm³/mol. The molecule has 0 saturated carbocycles. The van der Waals surface area contributed by atoms with Crippen molar-refractivity contribution in [3.05, 3.63) is 46.8 Å². The van der Waals surface area contributed by atoms with Crippen LogP contribution in [0.3, 0.4) is 0 Å². The van der Waals surface area contributed by atoms with Crippen LogP contribution in [0.5, 0.6) is 5.75 Å². The molecular formula is C19H22N2O5S. The molecule has 0 saturated heterocycles. The number of alkyl carbamates (subject to hydrolysis) is 1. The van der Waals surface area contributed by atoms with Gasteiger partial charge in [-0.1, -0.05) is 19.8 Å². The zero-order chi connectivity index (χ0) is 19.6. The number of ether oxygens (including phenoxy) is 2. The van der Waals surface area contributed by atoms with E-state index in [9.17, 15) is 14.4 Å². The number of methoxy groups -OCH3 is 1. The molecule has 27 heavy (non-hydrogen) atoms. The first kappa shape index (κ1) is 20.4. The van der Waals surface area contributed by atoms with E-state index < -0.39 is 12.0 Å². The molecule has 2 aromatic rings. The van der Waals surface area contributed by atoms with Crippen molar-refractivity contribution < 1.29 is 23.9 Å². The molecule has 144 valence electrons. The minimum absolute atomic E-state index is 0.189. The third-order valence-corrected chi connectivity index (χ3v) is 4.50. The SMILES string of the molecule is CCCCCOc1ccc(C(=O)Nc2sccc2C(=O)NC(=O)OC)cc1. The van der Waals surface area contributed by atoms with Gasteiger partial charge in [-0.3, -0.25) is 14.9 Å². The van der Waals surface area contributed by atoms with Crippen LogP contribution in [0.15, 0.2) is 35.7 Å². The number of imide groups is 1. The summed E-state index contributed by atoms with van der Waals surface area (Å²) in [6.07, 6.45) is 2.38. The van der Waals surface area contributed by atoms with Gasteiger partial charge in [-0.05, 0) is 42.1 Å². The maximum Gasteiger partial charge on any atom is 0.413 e. The van der Waals surface area contributed by atoms with E-state index in [2.05, 4.69) is 22.3 Å². The van der Waals surface area contributed by atoms with E-state index in [1.807, 2.05) is 0 Å². The van der Waals surface area contributed by atoms with Crippen LogP contribution >= 0.6 is 11.3 Å². The second kappa shape index (κ2) is 10.3. The fourth-order valence-corrected chi connectivity index (χ4v) is 3.00. The maximum absolute atomic E-state index is 12.4. The lowest BCUT2D eigenvalue weighted by molar-refractivity contribution is 0.0938. The molecule has 1 heterocycles. The van der Waals surface area contributed by atoms with Crippen LogP contribution < -0.4 is 15.4 Å². The van der Waals surface area contributed by atoms with Crippen molar-refractivity contribution >= 4 is 34.2 Å². The van der Waals surface area contributed by atoms with Crippen molar-refractivity contribution in [3.8, 4) is 5.75 Å². The average molecular weight is 390 g/mol. The highest BCUT2D eigenvalue weighted by Crippen LogP contribution is 2.24. The molecule has 0 bridgehead atoms. The zero-order valence-electron chi connectivity index (χ0n) is 15.2. The van der Waals surface area contributed by atoms with Gasteiger partial charge in [-0.2, -0.15) is 0 Å². The van der Waals surface area contributed by atoms with E-state index in [4.69, 9.17) is 4.74 Å². The second-order valence-electron chi connectivity index (χ2n) is 5.64. The van der Waals surface area contributed by atoms with Gasteiger partial charge in [-0.15, -0.1) is 11.3 Å². The average Bonchev–Trinajstić information content (AvgIpc) is 3.13.